The van der Waals surface area contributed by atoms with E-state index in [1.165, 1.54) is 11.8 Å². The maximum absolute atomic E-state index is 11.5. The molecule has 0 unspecified atom stereocenters. The molecule has 7 heteroatoms. The first-order valence-electron chi connectivity index (χ1n) is 7.65. The molecule has 0 N–H and O–H groups in total. The van der Waals surface area contributed by atoms with Crippen molar-refractivity contribution < 1.29 is 14.3 Å². The lowest BCUT2D eigenvalue weighted by atomic mass is 10.2. The topological polar surface area (TPSA) is 66.2 Å². The summed E-state index contributed by atoms with van der Waals surface area (Å²) in [5, 5.41) is 8.94. The van der Waals surface area contributed by atoms with E-state index in [0.29, 0.717) is 30.7 Å². The number of carbonyl (C=O) groups excluding carboxylic acids is 1. The van der Waals surface area contributed by atoms with Gasteiger partial charge in [-0.15, -0.1) is 16.8 Å². The number of benzene rings is 1. The molecule has 1 heterocycles. The highest BCUT2D eigenvalue weighted by Crippen LogP contribution is 2.19. The fourth-order valence-electron chi connectivity index (χ4n) is 2.02. The van der Waals surface area contributed by atoms with Gasteiger partial charge < -0.3 is 9.47 Å². The fraction of sp³-hybridized carbons (Fsp3) is 0.353. The van der Waals surface area contributed by atoms with Gasteiger partial charge in [0.05, 0.1) is 12.4 Å². The molecular weight excluding hydrogens is 326 g/mol. The van der Waals surface area contributed by atoms with Crippen LogP contribution in [-0.2, 0) is 22.7 Å². The molecule has 0 saturated heterocycles. The standard InChI is InChI=1S/C17H21N3O3S/c1-4-9-20-15(11-23-14-8-6-7-13(3)10-14)18-19-17(20)24-12-16(21)22-5-2/h4,6-8,10H,1,5,9,11-12H2,2-3H3. The monoisotopic (exact) mass is 347 g/mol. The van der Waals surface area contributed by atoms with E-state index in [4.69, 9.17) is 9.47 Å². The molecule has 0 bridgehead atoms. The van der Waals surface area contributed by atoms with Gasteiger partial charge in [-0.3, -0.25) is 9.36 Å². The Kier molecular flexibility index (Phi) is 6.87. The summed E-state index contributed by atoms with van der Waals surface area (Å²) in [7, 11) is 0. The summed E-state index contributed by atoms with van der Waals surface area (Å²) in [5.41, 5.74) is 1.13. The van der Waals surface area contributed by atoms with Crippen molar-refractivity contribution >= 4 is 17.7 Å². The molecule has 0 aliphatic carbocycles. The van der Waals surface area contributed by atoms with E-state index in [1.807, 2.05) is 35.8 Å². The first kappa shape index (κ1) is 18.1. The van der Waals surface area contributed by atoms with Crippen LogP contribution in [0.25, 0.3) is 0 Å². The molecule has 1 aromatic heterocycles. The van der Waals surface area contributed by atoms with Crippen molar-refractivity contribution in [1.82, 2.24) is 14.8 Å². The summed E-state index contributed by atoms with van der Waals surface area (Å²) in [4.78, 5) is 11.5. The molecule has 0 fully saturated rings. The molecule has 0 saturated carbocycles. The number of aromatic nitrogens is 3. The van der Waals surface area contributed by atoms with E-state index in [9.17, 15) is 4.79 Å². The van der Waals surface area contributed by atoms with Gasteiger partial charge in [-0.2, -0.15) is 0 Å². The number of rotatable bonds is 9. The zero-order valence-electron chi connectivity index (χ0n) is 13.9. The Morgan fingerprint density at radius 1 is 1.42 bits per heavy atom. The molecule has 0 spiro atoms. The van der Waals surface area contributed by atoms with Crippen molar-refractivity contribution in [3.05, 3.63) is 48.3 Å². The van der Waals surface area contributed by atoms with Crippen LogP contribution in [0.15, 0.2) is 42.1 Å². The van der Waals surface area contributed by atoms with E-state index in [-0.39, 0.29) is 11.7 Å². The van der Waals surface area contributed by atoms with Gasteiger partial charge >= 0.3 is 5.97 Å². The van der Waals surface area contributed by atoms with Crippen molar-refractivity contribution in [3.63, 3.8) is 0 Å². The van der Waals surface area contributed by atoms with Gasteiger partial charge in [-0.25, -0.2) is 0 Å². The summed E-state index contributed by atoms with van der Waals surface area (Å²) in [5.74, 6) is 1.39. The number of allylic oxidation sites excluding steroid dienone is 1. The molecule has 2 rings (SSSR count). The Bertz CT molecular complexity index is 700. The molecule has 0 radical (unpaired) electrons. The van der Waals surface area contributed by atoms with Gasteiger partial charge in [0.25, 0.3) is 0 Å². The molecular formula is C17H21N3O3S. The summed E-state index contributed by atoms with van der Waals surface area (Å²) in [6.07, 6.45) is 1.76. The van der Waals surface area contributed by atoms with Crippen LogP contribution in [0.2, 0.25) is 0 Å². The second kappa shape index (κ2) is 9.12. The van der Waals surface area contributed by atoms with Crippen LogP contribution >= 0.6 is 11.8 Å². The van der Waals surface area contributed by atoms with Gasteiger partial charge in [0, 0.05) is 6.54 Å². The molecule has 0 aliphatic heterocycles. The first-order chi connectivity index (χ1) is 11.6. The Hall–Kier alpha value is -2.28. The lowest BCUT2D eigenvalue weighted by Crippen LogP contribution is -2.10. The maximum Gasteiger partial charge on any atom is 0.316 e. The minimum atomic E-state index is -0.270. The highest BCUT2D eigenvalue weighted by molar-refractivity contribution is 7.99. The Balaban J connectivity index is 2.04. The number of hydrogen-bond acceptors (Lipinski definition) is 6. The highest BCUT2D eigenvalue weighted by Gasteiger charge is 2.14. The largest absolute Gasteiger partial charge is 0.486 e. The highest BCUT2D eigenvalue weighted by atomic mass is 32.2. The van der Waals surface area contributed by atoms with Crippen LogP contribution in [0, 0.1) is 6.92 Å². The third-order valence-corrected chi connectivity index (χ3v) is 4.03. The van der Waals surface area contributed by atoms with E-state index in [0.717, 1.165) is 11.3 Å². The minimum absolute atomic E-state index is 0.196. The van der Waals surface area contributed by atoms with Gasteiger partial charge in [0.2, 0.25) is 0 Å². The zero-order valence-corrected chi connectivity index (χ0v) is 14.7. The molecule has 0 amide bonds. The predicted molar refractivity (Wildman–Crippen MR) is 93.1 cm³/mol. The smallest absolute Gasteiger partial charge is 0.316 e. The van der Waals surface area contributed by atoms with Gasteiger partial charge in [0.15, 0.2) is 11.0 Å². The van der Waals surface area contributed by atoms with E-state index in [1.54, 1.807) is 13.0 Å². The van der Waals surface area contributed by atoms with Crippen molar-refractivity contribution in [3.8, 4) is 5.75 Å². The lowest BCUT2D eigenvalue weighted by Gasteiger charge is -2.09. The quantitative estimate of drug-likeness (QED) is 0.395. The van der Waals surface area contributed by atoms with Crippen LogP contribution < -0.4 is 4.74 Å². The van der Waals surface area contributed by atoms with E-state index in [2.05, 4.69) is 16.8 Å². The number of thioether (sulfide) groups is 1. The molecule has 2 aromatic rings. The number of nitrogens with zero attached hydrogens (tertiary/aromatic N) is 3. The summed E-state index contributed by atoms with van der Waals surface area (Å²) < 4.78 is 12.6. The number of hydrogen-bond donors (Lipinski definition) is 0. The Morgan fingerprint density at radius 3 is 2.96 bits per heavy atom. The number of carbonyl (C=O) groups is 1. The normalized spacial score (nSPS) is 10.4. The van der Waals surface area contributed by atoms with Crippen molar-refractivity contribution in [1.29, 1.82) is 0 Å². The van der Waals surface area contributed by atoms with Crippen LogP contribution in [0.3, 0.4) is 0 Å². The first-order valence-corrected chi connectivity index (χ1v) is 8.63. The minimum Gasteiger partial charge on any atom is -0.486 e. The summed E-state index contributed by atoms with van der Waals surface area (Å²) in [6.45, 7) is 8.76. The number of esters is 1. The van der Waals surface area contributed by atoms with E-state index < -0.39 is 0 Å². The summed E-state index contributed by atoms with van der Waals surface area (Å²) in [6, 6.07) is 7.82. The van der Waals surface area contributed by atoms with Crippen LogP contribution in [0.4, 0.5) is 0 Å². The Morgan fingerprint density at radius 2 is 2.25 bits per heavy atom. The predicted octanol–water partition coefficient (Wildman–Crippen LogP) is 3.01. The van der Waals surface area contributed by atoms with Gasteiger partial charge in [-0.1, -0.05) is 30.0 Å². The number of ether oxygens (including phenoxy) is 2. The van der Waals surface area contributed by atoms with Crippen molar-refractivity contribution in [2.24, 2.45) is 0 Å². The third-order valence-electron chi connectivity index (χ3n) is 3.09. The fourth-order valence-corrected chi connectivity index (χ4v) is 2.79. The van der Waals surface area contributed by atoms with Crippen LogP contribution in [0.1, 0.15) is 18.3 Å². The van der Waals surface area contributed by atoms with Crippen LogP contribution in [0.5, 0.6) is 5.75 Å². The maximum atomic E-state index is 11.5. The molecule has 128 valence electrons. The Labute approximate surface area is 145 Å². The third kappa shape index (κ3) is 5.13. The van der Waals surface area contributed by atoms with Crippen LogP contribution in [-0.4, -0.2) is 33.1 Å². The van der Waals surface area contributed by atoms with Crippen molar-refractivity contribution in [2.75, 3.05) is 12.4 Å². The zero-order chi connectivity index (χ0) is 17.4. The van der Waals surface area contributed by atoms with Gasteiger partial charge in [-0.05, 0) is 31.5 Å². The lowest BCUT2D eigenvalue weighted by molar-refractivity contribution is -0.139. The molecule has 0 atom stereocenters. The molecule has 24 heavy (non-hydrogen) atoms. The average molecular weight is 347 g/mol. The van der Waals surface area contributed by atoms with E-state index >= 15 is 0 Å². The second-order valence-electron chi connectivity index (χ2n) is 5.00. The van der Waals surface area contributed by atoms with Gasteiger partial charge in [0.1, 0.15) is 12.4 Å². The molecule has 1 aromatic carbocycles. The second-order valence-corrected chi connectivity index (χ2v) is 5.94. The summed E-state index contributed by atoms with van der Waals surface area (Å²) >= 11 is 1.29. The average Bonchev–Trinajstić information content (AvgIpc) is 2.94. The number of aryl methyl sites for hydroxylation is 1. The SMILES string of the molecule is C=CCn1c(COc2cccc(C)c2)nnc1SCC(=O)OCC. The molecule has 6 nitrogen and oxygen atoms in total. The molecule has 0 aliphatic rings. The van der Waals surface area contributed by atoms with Crippen molar-refractivity contribution in [2.45, 2.75) is 32.2 Å².